The smallest absolute Gasteiger partial charge is 0.263 e. The highest BCUT2D eigenvalue weighted by Gasteiger charge is 2.29. The van der Waals surface area contributed by atoms with Crippen LogP contribution in [-0.2, 0) is 4.74 Å². The number of rotatable bonds is 4. The molecular weight excluding hydrogens is 378 g/mol. The third-order valence-corrected chi connectivity index (χ3v) is 5.15. The largest absolute Gasteiger partial charge is 0.507 e. The van der Waals surface area contributed by atoms with E-state index >= 15 is 0 Å². The van der Waals surface area contributed by atoms with Gasteiger partial charge in [0.1, 0.15) is 11.4 Å². The van der Waals surface area contributed by atoms with Crippen LogP contribution < -0.4 is 5.32 Å². The van der Waals surface area contributed by atoms with E-state index in [4.69, 9.17) is 4.74 Å². The minimum absolute atomic E-state index is 0.182. The molecule has 0 spiro atoms. The van der Waals surface area contributed by atoms with Crippen LogP contribution in [0.1, 0.15) is 38.7 Å². The van der Waals surface area contributed by atoms with Crippen LogP contribution >= 0.6 is 0 Å². The molecule has 0 amide bonds. The molecule has 152 valence electrons. The number of benzene rings is 1. The van der Waals surface area contributed by atoms with Crippen LogP contribution in [0.4, 0.5) is 14.6 Å². The van der Waals surface area contributed by atoms with Crippen molar-refractivity contribution in [1.29, 1.82) is 0 Å². The molecule has 1 aliphatic heterocycles. The Morgan fingerprint density at radius 3 is 2.76 bits per heavy atom. The molecule has 1 aromatic carbocycles. The van der Waals surface area contributed by atoms with E-state index in [1.54, 1.807) is 18.5 Å². The highest BCUT2D eigenvalue weighted by molar-refractivity contribution is 6.00. The number of aromatic nitrogens is 3. The average molecular weight is 400 g/mol. The predicted molar refractivity (Wildman–Crippen MR) is 106 cm³/mol. The molecule has 4 rings (SSSR count). The lowest BCUT2D eigenvalue weighted by atomic mass is 9.94. The fraction of sp³-hybridized carbons (Fsp3) is 0.381. The molecule has 1 aliphatic rings. The number of phenolic OH excluding ortho intramolecular Hbond substituents is 1. The van der Waals surface area contributed by atoms with Gasteiger partial charge in [0.15, 0.2) is 5.82 Å². The Hall–Kier alpha value is -2.87. The van der Waals surface area contributed by atoms with Gasteiger partial charge in [0.05, 0.1) is 5.60 Å². The summed E-state index contributed by atoms with van der Waals surface area (Å²) in [6.45, 7) is 4.78. The van der Waals surface area contributed by atoms with Gasteiger partial charge < -0.3 is 15.2 Å². The fourth-order valence-corrected chi connectivity index (χ4v) is 3.74. The molecule has 1 fully saturated rings. The van der Waals surface area contributed by atoms with Gasteiger partial charge in [-0.1, -0.05) is 6.07 Å². The lowest BCUT2D eigenvalue weighted by molar-refractivity contribution is -0.0553. The zero-order valence-corrected chi connectivity index (χ0v) is 16.2. The van der Waals surface area contributed by atoms with E-state index in [1.165, 1.54) is 12.1 Å². The van der Waals surface area contributed by atoms with Crippen molar-refractivity contribution in [1.82, 2.24) is 15.2 Å². The van der Waals surface area contributed by atoms with E-state index in [0.717, 1.165) is 29.7 Å². The van der Waals surface area contributed by atoms with Crippen molar-refractivity contribution < 1.29 is 18.6 Å². The number of ether oxygens (including phenoxy) is 1. The minimum Gasteiger partial charge on any atom is -0.507 e. The lowest BCUT2D eigenvalue weighted by Gasteiger charge is -2.36. The monoisotopic (exact) mass is 400 g/mol. The second-order valence-corrected chi connectivity index (χ2v) is 7.84. The van der Waals surface area contributed by atoms with Crippen LogP contribution in [0, 0.1) is 0 Å². The van der Waals surface area contributed by atoms with Crippen LogP contribution in [0.2, 0.25) is 0 Å². The number of nitrogens with one attached hydrogen (secondary N) is 1. The van der Waals surface area contributed by atoms with Crippen molar-refractivity contribution in [2.45, 2.75) is 44.8 Å². The molecule has 2 aromatic heterocycles. The third kappa shape index (κ3) is 3.98. The van der Waals surface area contributed by atoms with Crippen LogP contribution in [0.5, 0.6) is 5.75 Å². The molecule has 0 saturated carbocycles. The van der Waals surface area contributed by atoms with Crippen LogP contribution in [0.15, 0.2) is 36.7 Å². The summed E-state index contributed by atoms with van der Waals surface area (Å²) in [6, 6.07) is 5.74. The summed E-state index contributed by atoms with van der Waals surface area (Å²) in [6.07, 6.45) is 2.33. The average Bonchev–Trinajstić information content (AvgIpc) is 2.68. The molecule has 3 heterocycles. The number of fused-ring (bicyclic) bond motifs is 1. The molecule has 0 bridgehead atoms. The second-order valence-electron chi connectivity index (χ2n) is 7.84. The van der Waals surface area contributed by atoms with Crippen molar-refractivity contribution in [3.8, 4) is 17.0 Å². The van der Waals surface area contributed by atoms with Gasteiger partial charge in [-0.2, -0.15) is 0 Å². The van der Waals surface area contributed by atoms with Gasteiger partial charge in [0, 0.05) is 46.9 Å². The van der Waals surface area contributed by atoms with E-state index in [1.807, 2.05) is 0 Å². The number of aromatic hydroxyl groups is 1. The predicted octanol–water partition coefficient (Wildman–Crippen LogP) is 4.70. The number of halogens is 2. The van der Waals surface area contributed by atoms with Crippen molar-refractivity contribution in [2.24, 2.45) is 0 Å². The van der Waals surface area contributed by atoms with E-state index in [0.29, 0.717) is 23.7 Å². The van der Waals surface area contributed by atoms with Gasteiger partial charge in [-0.15, -0.1) is 10.2 Å². The van der Waals surface area contributed by atoms with Crippen LogP contribution in [0.3, 0.4) is 0 Å². The van der Waals surface area contributed by atoms with Gasteiger partial charge in [-0.25, -0.2) is 8.78 Å². The van der Waals surface area contributed by atoms with Gasteiger partial charge >= 0.3 is 0 Å². The molecule has 0 radical (unpaired) electrons. The number of pyridine rings is 1. The highest BCUT2D eigenvalue weighted by Crippen LogP contribution is 2.37. The highest BCUT2D eigenvalue weighted by atomic mass is 19.3. The normalized spacial score (nSPS) is 18.9. The first kappa shape index (κ1) is 19.4. The number of nitrogens with zero attached hydrogens (tertiary/aromatic N) is 3. The van der Waals surface area contributed by atoms with E-state index in [9.17, 15) is 13.9 Å². The van der Waals surface area contributed by atoms with Crippen molar-refractivity contribution in [3.63, 3.8) is 0 Å². The summed E-state index contributed by atoms with van der Waals surface area (Å²) in [5.41, 5.74) is 0.302. The molecular formula is C21H22F2N4O2. The second kappa shape index (κ2) is 7.51. The summed E-state index contributed by atoms with van der Waals surface area (Å²) >= 11 is 0. The lowest BCUT2D eigenvalue weighted by Crippen LogP contribution is -2.40. The molecule has 2 N–H and O–H groups in total. The van der Waals surface area contributed by atoms with Gasteiger partial charge in [-0.3, -0.25) is 4.98 Å². The Balaban J connectivity index is 1.73. The number of phenols is 1. The van der Waals surface area contributed by atoms with Gasteiger partial charge in [-0.05, 0) is 44.9 Å². The number of alkyl halides is 2. The van der Waals surface area contributed by atoms with Crippen molar-refractivity contribution >= 4 is 16.6 Å². The first-order chi connectivity index (χ1) is 13.8. The molecule has 0 aliphatic carbocycles. The summed E-state index contributed by atoms with van der Waals surface area (Å²) in [7, 11) is 0. The molecule has 8 heteroatoms. The standard InChI is InChI=1S/C21H22F2N4O2/c1-21(2)10-13(6-8-29-21)25-20-16-11-24-7-5-14(16)18(26-27-20)15-4-3-12(19(22)23)9-17(15)28/h3-5,7,9,11,13,19,28H,6,8,10H2,1-2H3,(H,25,27). The number of hydrogen-bond donors (Lipinski definition) is 2. The van der Waals surface area contributed by atoms with Gasteiger partial charge in [0.2, 0.25) is 0 Å². The van der Waals surface area contributed by atoms with Crippen LogP contribution in [0.25, 0.3) is 22.0 Å². The topological polar surface area (TPSA) is 80.2 Å². The Morgan fingerprint density at radius 2 is 2.03 bits per heavy atom. The molecule has 29 heavy (non-hydrogen) atoms. The molecule has 1 unspecified atom stereocenters. The number of hydrogen-bond acceptors (Lipinski definition) is 6. The fourth-order valence-electron chi connectivity index (χ4n) is 3.74. The van der Waals surface area contributed by atoms with E-state index < -0.39 is 6.43 Å². The summed E-state index contributed by atoms with van der Waals surface area (Å²) in [4.78, 5) is 4.20. The first-order valence-corrected chi connectivity index (χ1v) is 9.46. The molecule has 1 atom stereocenters. The maximum absolute atomic E-state index is 12.9. The SMILES string of the molecule is CC1(C)CC(Nc2nnc(-c3ccc(C(F)F)cc3O)c3ccncc23)CCO1. The Kier molecular flexibility index (Phi) is 5.04. The molecule has 6 nitrogen and oxygen atoms in total. The van der Waals surface area contributed by atoms with Crippen LogP contribution in [-0.4, -0.2) is 38.5 Å². The summed E-state index contributed by atoms with van der Waals surface area (Å²) in [5, 5.41) is 23.8. The Bertz CT molecular complexity index is 1040. The quantitative estimate of drug-likeness (QED) is 0.661. The number of anilines is 1. The molecule has 1 saturated heterocycles. The van der Waals surface area contributed by atoms with Crippen molar-refractivity contribution in [2.75, 3.05) is 11.9 Å². The maximum atomic E-state index is 12.9. The first-order valence-electron chi connectivity index (χ1n) is 9.46. The zero-order chi connectivity index (χ0) is 20.6. The Labute approximate surface area is 166 Å². The minimum atomic E-state index is -2.66. The molecule has 3 aromatic rings. The third-order valence-electron chi connectivity index (χ3n) is 5.15. The van der Waals surface area contributed by atoms with E-state index in [-0.39, 0.29) is 23.0 Å². The zero-order valence-electron chi connectivity index (χ0n) is 16.2. The summed E-state index contributed by atoms with van der Waals surface area (Å²) in [5.74, 6) is 0.338. The van der Waals surface area contributed by atoms with E-state index in [2.05, 4.69) is 34.3 Å². The summed E-state index contributed by atoms with van der Waals surface area (Å²) < 4.78 is 31.6. The Morgan fingerprint density at radius 1 is 1.21 bits per heavy atom. The van der Waals surface area contributed by atoms with Crippen molar-refractivity contribution in [3.05, 3.63) is 42.2 Å². The maximum Gasteiger partial charge on any atom is 0.263 e. The van der Waals surface area contributed by atoms with Gasteiger partial charge in [0.25, 0.3) is 6.43 Å².